The summed E-state index contributed by atoms with van der Waals surface area (Å²) >= 11 is 0. The lowest BCUT2D eigenvalue weighted by Gasteiger charge is -2.04. The van der Waals surface area contributed by atoms with Crippen LogP contribution in [-0.4, -0.2) is 44.3 Å². The van der Waals surface area contributed by atoms with E-state index in [2.05, 4.69) is 14.4 Å². The number of aliphatic imine (C=N–C) groups is 1. The molecule has 0 rings (SSSR count). The average Bonchev–Trinajstić information content (AvgIpc) is 2.30. The van der Waals surface area contributed by atoms with Crippen molar-refractivity contribution in [1.82, 2.24) is 0 Å². The molecule has 0 radical (unpaired) electrons. The van der Waals surface area contributed by atoms with Crippen molar-refractivity contribution >= 4 is 25.4 Å². The van der Waals surface area contributed by atoms with E-state index in [0.717, 1.165) is 6.26 Å². The molecule has 0 bridgehead atoms. The lowest BCUT2D eigenvalue weighted by molar-refractivity contribution is -0.187. The van der Waals surface area contributed by atoms with Crippen LogP contribution in [0.1, 0.15) is 12.8 Å². The third-order valence-corrected chi connectivity index (χ3v) is 2.17. The van der Waals surface area contributed by atoms with Gasteiger partial charge in [-0.2, -0.15) is 0 Å². The van der Waals surface area contributed by atoms with Crippen molar-refractivity contribution in [2.24, 2.45) is 10.7 Å². The molecular formula is C8H13N2O9P. The van der Waals surface area contributed by atoms with Crippen molar-refractivity contribution < 1.29 is 43.7 Å². The SMILES string of the molecule is N/C(=C\OO)CCC(=O)N=C(COP(=O)(O)O)C(=O)O. The number of carboxylic acid groups (broad SMARTS) is 1. The van der Waals surface area contributed by atoms with E-state index in [0.29, 0.717) is 0 Å². The first kappa shape index (κ1) is 18.2. The molecule has 0 atom stereocenters. The van der Waals surface area contributed by atoms with E-state index >= 15 is 0 Å². The van der Waals surface area contributed by atoms with Crippen LogP contribution in [0.3, 0.4) is 0 Å². The van der Waals surface area contributed by atoms with Crippen LogP contribution >= 0.6 is 7.82 Å². The maximum atomic E-state index is 11.3. The number of phosphoric acid groups is 1. The van der Waals surface area contributed by atoms with Gasteiger partial charge in [0.2, 0.25) is 5.91 Å². The van der Waals surface area contributed by atoms with Crippen LogP contribution in [0.15, 0.2) is 17.0 Å². The van der Waals surface area contributed by atoms with Crippen molar-refractivity contribution in [1.29, 1.82) is 0 Å². The van der Waals surface area contributed by atoms with Gasteiger partial charge < -0.3 is 25.5 Å². The summed E-state index contributed by atoms with van der Waals surface area (Å²) in [5.74, 6) is -2.56. The van der Waals surface area contributed by atoms with E-state index in [1.807, 2.05) is 0 Å². The number of allylic oxidation sites excluding steroid dienone is 1. The summed E-state index contributed by atoms with van der Waals surface area (Å²) in [7, 11) is -4.87. The Kier molecular flexibility index (Phi) is 7.65. The Morgan fingerprint density at radius 1 is 1.30 bits per heavy atom. The highest BCUT2D eigenvalue weighted by Gasteiger charge is 2.20. The summed E-state index contributed by atoms with van der Waals surface area (Å²) in [5, 5.41) is 16.7. The summed E-state index contributed by atoms with van der Waals surface area (Å²) in [6.07, 6.45) is 0.416. The fourth-order valence-electron chi connectivity index (χ4n) is 0.871. The number of carbonyl (C=O) groups excluding carboxylic acids is 1. The molecule has 0 aromatic rings. The first-order valence-corrected chi connectivity index (χ1v) is 6.47. The van der Waals surface area contributed by atoms with Crippen LogP contribution < -0.4 is 5.73 Å². The molecule has 0 saturated carbocycles. The van der Waals surface area contributed by atoms with Gasteiger partial charge in [-0.25, -0.2) is 19.6 Å². The molecule has 0 aliphatic rings. The predicted molar refractivity (Wildman–Crippen MR) is 63.3 cm³/mol. The van der Waals surface area contributed by atoms with Gasteiger partial charge in [-0.05, 0) is 6.42 Å². The smallest absolute Gasteiger partial charge is 0.469 e. The molecule has 0 saturated heterocycles. The standard InChI is InChI=1S/C8H13N2O9P/c9-5(3-18-14)1-2-7(11)10-6(8(12)13)4-19-20(15,16)17/h3,14H,1-2,4,9H2,(H,12,13)(H2,15,16,17)/b5-3-,10-6?. The summed E-state index contributed by atoms with van der Waals surface area (Å²) < 4.78 is 14.3. The van der Waals surface area contributed by atoms with Crippen LogP contribution in [-0.2, 0) is 23.6 Å². The van der Waals surface area contributed by atoms with Gasteiger partial charge in [-0.3, -0.25) is 9.32 Å². The highest BCUT2D eigenvalue weighted by Crippen LogP contribution is 2.35. The minimum Gasteiger partial charge on any atom is -0.477 e. The van der Waals surface area contributed by atoms with Gasteiger partial charge in [-0.1, -0.05) is 0 Å². The van der Waals surface area contributed by atoms with Gasteiger partial charge in [0.05, 0.1) is 0 Å². The molecular weight excluding hydrogens is 299 g/mol. The molecule has 12 heteroatoms. The fourth-order valence-corrected chi connectivity index (χ4v) is 1.16. The second kappa shape index (κ2) is 8.40. The van der Waals surface area contributed by atoms with E-state index < -0.39 is 32.0 Å². The lowest BCUT2D eigenvalue weighted by atomic mass is 10.2. The first-order chi connectivity index (χ1) is 9.15. The topological polar surface area (TPSA) is 189 Å². The quantitative estimate of drug-likeness (QED) is 0.125. The molecule has 0 spiro atoms. The highest BCUT2D eigenvalue weighted by molar-refractivity contribution is 7.46. The minimum absolute atomic E-state index is 0.0133. The molecule has 0 unspecified atom stereocenters. The number of carboxylic acids is 1. The number of hydrogen-bond acceptors (Lipinski definition) is 7. The number of nitrogens with zero attached hydrogens (tertiary/aromatic N) is 1. The summed E-state index contributed by atoms with van der Waals surface area (Å²) in [4.78, 5) is 45.5. The van der Waals surface area contributed by atoms with Crippen molar-refractivity contribution in [3.63, 3.8) is 0 Å². The van der Waals surface area contributed by atoms with E-state index in [4.69, 9.17) is 25.9 Å². The summed E-state index contributed by atoms with van der Waals surface area (Å²) in [6.45, 7) is -1.03. The Labute approximate surface area is 112 Å². The molecule has 0 aliphatic carbocycles. The van der Waals surface area contributed by atoms with Crippen molar-refractivity contribution in [2.75, 3.05) is 6.61 Å². The highest BCUT2D eigenvalue weighted by atomic mass is 31.2. The van der Waals surface area contributed by atoms with Crippen LogP contribution in [0, 0.1) is 0 Å². The number of aliphatic carboxylic acids is 1. The maximum Gasteiger partial charge on any atom is 0.469 e. The summed E-state index contributed by atoms with van der Waals surface area (Å²) in [5.41, 5.74) is 4.42. The Morgan fingerprint density at radius 2 is 1.90 bits per heavy atom. The number of phosphoric ester groups is 1. The molecule has 20 heavy (non-hydrogen) atoms. The van der Waals surface area contributed by atoms with Crippen LogP contribution in [0.2, 0.25) is 0 Å². The zero-order chi connectivity index (χ0) is 15.8. The molecule has 0 fully saturated rings. The van der Waals surface area contributed by atoms with Gasteiger partial charge in [0.1, 0.15) is 12.9 Å². The molecule has 11 nitrogen and oxygen atoms in total. The molecule has 6 N–H and O–H groups in total. The lowest BCUT2D eigenvalue weighted by Crippen LogP contribution is -2.21. The van der Waals surface area contributed by atoms with Gasteiger partial charge in [0.25, 0.3) is 0 Å². The first-order valence-electron chi connectivity index (χ1n) is 4.94. The number of nitrogens with two attached hydrogens (primary N) is 1. The third kappa shape index (κ3) is 9.19. The number of amides is 1. The van der Waals surface area contributed by atoms with E-state index in [1.165, 1.54) is 0 Å². The molecule has 0 heterocycles. The van der Waals surface area contributed by atoms with Gasteiger partial charge in [-0.15, -0.1) is 0 Å². The normalized spacial score (nSPS) is 13.2. The number of hydrogen-bond donors (Lipinski definition) is 5. The number of carbonyl (C=O) groups is 2. The van der Waals surface area contributed by atoms with Gasteiger partial charge in [0.15, 0.2) is 5.71 Å². The monoisotopic (exact) mass is 312 g/mol. The predicted octanol–water partition coefficient (Wildman–Crippen LogP) is -0.782. The van der Waals surface area contributed by atoms with Crippen LogP contribution in [0.25, 0.3) is 0 Å². The largest absolute Gasteiger partial charge is 0.477 e. The third-order valence-electron chi connectivity index (χ3n) is 1.71. The Hall–Kier alpha value is -1.78. The van der Waals surface area contributed by atoms with Crippen molar-refractivity contribution in [3.8, 4) is 0 Å². The molecule has 1 amide bonds. The molecule has 0 aromatic carbocycles. The minimum atomic E-state index is -4.87. The van der Waals surface area contributed by atoms with Gasteiger partial charge in [0, 0.05) is 12.1 Å². The second-order valence-corrected chi connectivity index (χ2v) is 4.56. The van der Waals surface area contributed by atoms with Gasteiger partial charge >= 0.3 is 13.8 Å². The van der Waals surface area contributed by atoms with Crippen molar-refractivity contribution in [3.05, 3.63) is 12.0 Å². The Balaban J connectivity index is 4.60. The summed E-state index contributed by atoms with van der Waals surface area (Å²) in [6, 6.07) is 0. The second-order valence-electron chi connectivity index (χ2n) is 3.32. The van der Waals surface area contributed by atoms with Crippen LogP contribution in [0.4, 0.5) is 0 Å². The fraction of sp³-hybridized carbons (Fsp3) is 0.375. The number of rotatable bonds is 8. The maximum absolute atomic E-state index is 11.3. The molecule has 114 valence electrons. The van der Waals surface area contributed by atoms with E-state index in [9.17, 15) is 14.2 Å². The van der Waals surface area contributed by atoms with Crippen molar-refractivity contribution in [2.45, 2.75) is 12.8 Å². The Morgan fingerprint density at radius 3 is 2.35 bits per heavy atom. The zero-order valence-electron chi connectivity index (χ0n) is 10.0. The van der Waals surface area contributed by atoms with E-state index in [-0.39, 0.29) is 18.5 Å². The van der Waals surface area contributed by atoms with E-state index in [1.54, 1.807) is 0 Å². The molecule has 0 aromatic heterocycles. The van der Waals surface area contributed by atoms with Crippen LogP contribution in [0.5, 0.6) is 0 Å². The zero-order valence-corrected chi connectivity index (χ0v) is 10.9. The molecule has 0 aliphatic heterocycles. The Bertz CT molecular complexity index is 467. The average molecular weight is 312 g/mol.